The molecule has 0 bridgehead atoms. The Kier molecular flexibility index (Phi) is 11.6. The SMILES string of the molecule is C=NO/C=C\Cn1c(C(=O)OCC)nnc1-c1ncc(C)cc1NS(=O)c1ccc(Cl)c(C(F)(F)F)c1.CC. The highest BCUT2D eigenvalue weighted by Crippen LogP contribution is 2.36. The van der Waals surface area contributed by atoms with Gasteiger partial charge < -0.3 is 9.57 Å². The van der Waals surface area contributed by atoms with Crippen molar-refractivity contribution in [3.63, 3.8) is 0 Å². The fraction of sp³-hybridized carbons (Fsp3) is 0.292. The van der Waals surface area contributed by atoms with Crippen LogP contribution in [0.5, 0.6) is 0 Å². The topological polar surface area (TPSA) is 121 Å². The molecule has 0 aliphatic carbocycles. The second-order valence-electron chi connectivity index (χ2n) is 7.20. The summed E-state index contributed by atoms with van der Waals surface area (Å²) in [4.78, 5) is 21.3. The van der Waals surface area contributed by atoms with Gasteiger partial charge in [0.2, 0.25) is 5.82 Å². The van der Waals surface area contributed by atoms with Crippen LogP contribution >= 0.6 is 11.6 Å². The van der Waals surface area contributed by atoms with Gasteiger partial charge >= 0.3 is 12.1 Å². The van der Waals surface area contributed by atoms with Gasteiger partial charge in [0.15, 0.2) is 5.82 Å². The van der Waals surface area contributed by atoms with E-state index in [0.717, 1.165) is 6.07 Å². The summed E-state index contributed by atoms with van der Waals surface area (Å²) < 4.78 is 61.9. The summed E-state index contributed by atoms with van der Waals surface area (Å²) >= 11 is 5.67. The Morgan fingerprint density at radius 2 is 2.00 bits per heavy atom. The molecule has 210 valence electrons. The maximum absolute atomic E-state index is 13.3. The molecule has 3 aromatic rings. The molecule has 1 atom stereocenters. The number of oxime groups is 1. The van der Waals surface area contributed by atoms with E-state index in [1.807, 2.05) is 13.8 Å². The number of aryl methyl sites for hydroxylation is 1. The minimum absolute atomic E-state index is 0.0240. The number of aromatic nitrogens is 4. The first-order chi connectivity index (χ1) is 18.6. The predicted molar refractivity (Wildman–Crippen MR) is 142 cm³/mol. The van der Waals surface area contributed by atoms with Gasteiger partial charge in [-0.3, -0.25) is 14.3 Å². The number of benzene rings is 1. The smallest absolute Gasteiger partial charge is 0.417 e. The number of carbonyl (C=O) groups is 1. The number of hydrogen-bond donors (Lipinski definition) is 1. The van der Waals surface area contributed by atoms with Gasteiger partial charge in [-0.15, -0.1) is 10.2 Å². The van der Waals surface area contributed by atoms with Crippen molar-refractivity contribution in [2.75, 3.05) is 11.3 Å². The van der Waals surface area contributed by atoms with E-state index in [9.17, 15) is 22.2 Å². The molecular weight excluding hydrogens is 561 g/mol. The third-order valence-corrected chi connectivity index (χ3v) is 6.04. The van der Waals surface area contributed by atoms with Gasteiger partial charge in [0.25, 0.3) is 0 Å². The summed E-state index contributed by atoms with van der Waals surface area (Å²) in [6.45, 7) is 10.6. The number of allylic oxidation sites excluding steroid dienone is 1. The molecule has 15 heteroatoms. The van der Waals surface area contributed by atoms with Gasteiger partial charge in [-0.1, -0.05) is 30.6 Å². The molecule has 0 aliphatic heterocycles. The number of alkyl halides is 3. The third-order valence-electron chi connectivity index (χ3n) is 4.62. The Bertz CT molecular complexity index is 1360. The van der Waals surface area contributed by atoms with E-state index >= 15 is 0 Å². The zero-order chi connectivity index (χ0) is 29.2. The molecule has 1 unspecified atom stereocenters. The molecule has 1 aromatic carbocycles. The van der Waals surface area contributed by atoms with Gasteiger partial charge in [0.05, 0.1) is 27.8 Å². The molecule has 10 nitrogen and oxygen atoms in total. The van der Waals surface area contributed by atoms with Crippen molar-refractivity contribution in [2.24, 2.45) is 5.16 Å². The summed E-state index contributed by atoms with van der Waals surface area (Å²) in [6, 6.07) is 4.51. The molecule has 0 radical (unpaired) electrons. The zero-order valence-corrected chi connectivity index (χ0v) is 23.0. The van der Waals surface area contributed by atoms with E-state index in [2.05, 4.69) is 31.8 Å². The highest BCUT2D eigenvalue weighted by molar-refractivity contribution is 7.86. The molecular formula is C24H26ClF3N6O4S. The van der Waals surface area contributed by atoms with Crippen LogP contribution in [0.4, 0.5) is 18.9 Å². The first-order valence-corrected chi connectivity index (χ1v) is 13.0. The minimum atomic E-state index is -4.73. The Morgan fingerprint density at radius 3 is 2.64 bits per heavy atom. The Labute approximate surface area is 230 Å². The van der Waals surface area contributed by atoms with Crippen molar-refractivity contribution >= 4 is 41.0 Å². The lowest BCUT2D eigenvalue weighted by Gasteiger charge is -2.14. The number of nitrogens with one attached hydrogen (secondary N) is 1. The second kappa shape index (κ2) is 14.4. The standard InChI is InChI=1S/C22H20ClF3N6O4S.C2H6/c1-4-35-21(33)20-30-29-19(32(20)8-5-9-36-27-3)18-17(10-13(2)12-28-18)31-37(34)14-6-7-16(23)15(11-14)22(24,25)26;1-2/h5-7,9-12,31H,3-4,8H2,1-2H3;1-2H3/b9-5-;. The van der Waals surface area contributed by atoms with Crippen LogP contribution in [0, 0.1) is 6.92 Å². The van der Waals surface area contributed by atoms with Crippen LogP contribution in [0.1, 0.15) is 42.5 Å². The maximum atomic E-state index is 13.3. The fourth-order valence-corrected chi connectivity index (χ4v) is 4.17. The van der Waals surface area contributed by atoms with E-state index in [0.29, 0.717) is 11.6 Å². The van der Waals surface area contributed by atoms with Gasteiger partial charge in [-0.05, 0) is 49.8 Å². The predicted octanol–water partition coefficient (Wildman–Crippen LogP) is 5.80. The van der Waals surface area contributed by atoms with E-state index < -0.39 is 33.7 Å². The van der Waals surface area contributed by atoms with Crippen LogP contribution in [0.2, 0.25) is 5.02 Å². The molecule has 0 amide bonds. The number of pyridine rings is 1. The quantitative estimate of drug-likeness (QED) is 0.138. The number of rotatable bonds is 10. The molecule has 2 heterocycles. The van der Waals surface area contributed by atoms with Crippen LogP contribution in [-0.2, 0) is 33.3 Å². The van der Waals surface area contributed by atoms with Gasteiger partial charge in [-0.25, -0.2) is 9.00 Å². The highest BCUT2D eigenvalue weighted by atomic mass is 35.5. The highest BCUT2D eigenvalue weighted by Gasteiger charge is 2.34. The van der Waals surface area contributed by atoms with Crippen LogP contribution in [-0.4, -0.2) is 43.3 Å². The van der Waals surface area contributed by atoms with Gasteiger partial charge in [0.1, 0.15) is 22.9 Å². The summed E-state index contributed by atoms with van der Waals surface area (Å²) in [5, 5.41) is 10.7. The van der Waals surface area contributed by atoms with E-state index in [-0.39, 0.29) is 41.1 Å². The molecule has 0 saturated carbocycles. The van der Waals surface area contributed by atoms with E-state index in [1.54, 1.807) is 19.9 Å². The van der Waals surface area contributed by atoms with Crippen molar-refractivity contribution in [1.29, 1.82) is 0 Å². The summed E-state index contributed by atoms with van der Waals surface area (Å²) in [5.41, 5.74) is -0.175. The molecule has 0 aliphatic rings. The average molecular weight is 587 g/mol. The minimum Gasteiger partial charge on any atom is -0.460 e. The number of anilines is 1. The number of carbonyl (C=O) groups excluding carboxylic acids is 1. The zero-order valence-electron chi connectivity index (χ0n) is 21.5. The maximum Gasteiger partial charge on any atom is 0.417 e. The van der Waals surface area contributed by atoms with Crippen LogP contribution in [0.15, 0.2) is 52.9 Å². The van der Waals surface area contributed by atoms with Crippen LogP contribution < -0.4 is 4.72 Å². The lowest BCUT2D eigenvalue weighted by atomic mass is 10.2. The second-order valence-corrected chi connectivity index (χ2v) is 8.82. The lowest BCUT2D eigenvalue weighted by Crippen LogP contribution is -2.15. The summed E-state index contributed by atoms with van der Waals surface area (Å²) in [5.74, 6) is -0.802. The van der Waals surface area contributed by atoms with Gasteiger partial charge in [0, 0.05) is 19.5 Å². The molecule has 2 aromatic heterocycles. The first kappa shape index (κ1) is 31.4. The number of esters is 1. The van der Waals surface area contributed by atoms with Crippen molar-refractivity contribution < 1.29 is 31.7 Å². The summed E-state index contributed by atoms with van der Waals surface area (Å²) in [7, 11) is -2.15. The molecule has 0 fully saturated rings. The van der Waals surface area contributed by atoms with Crippen molar-refractivity contribution in [1.82, 2.24) is 19.7 Å². The van der Waals surface area contributed by atoms with Crippen LogP contribution in [0.3, 0.4) is 0 Å². The monoisotopic (exact) mass is 586 g/mol. The first-order valence-electron chi connectivity index (χ1n) is 11.5. The van der Waals surface area contributed by atoms with E-state index in [1.165, 1.54) is 29.2 Å². The molecule has 3 rings (SSSR count). The summed E-state index contributed by atoms with van der Waals surface area (Å²) in [6.07, 6.45) is -0.514. The lowest BCUT2D eigenvalue weighted by molar-refractivity contribution is -0.137. The van der Waals surface area contributed by atoms with E-state index in [4.69, 9.17) is 21.2 Å². The van der Waals surface area contributed by atoms with Gasteiger partial charge in [-0.2, -0.15) is 13.2 Å². The molecule has 0 saturated heterocycles. The Morgan fingerprint density at radius 1 is 1.28 bits per heavy atom. The Balaban J connectivity index is 0.00000260. The van der Waals surface area contributed by atoms with Crippen molar-refractivity contribution in [2.45, 2.75) is 45.3 Å². The largest absolute Gasteiger partial charge is 0.460 e. The molecule has 0 spiro atoms. The Hall–Kier alpha value is -3.78. The normalized spacial score (nSPS) is 11.9. The third kappa shape index (κ3) is 8.10. The average Bonchev–Trinajstić information content (AvgIpc) is 3.31. The number of nitrogens with zero attached hydrogens (tertiary/aromatic N) is 5. The fourth-order valence-electron chi connectivity index (χ4n) is 3.05. The number of hydrogen-bond acceptors (Lipinski definition) is 8. The molecule has 1 N–H and O–H groups in total. The number of ether oxygens (including phenoxy) is 1. The molecule has 39 heavy (non-hydrogen) atoms. The number of halogens is 4. The van der Waals surface area contributed by atoms with Crippen LogP contribution in [0.25, 0.3) is 11.5 Å². The van der Waals surface area contributed by atoms with Crippen molar-refractivity contribution in [3.05, 3.63) is 64.8 Å². The van der Waals surface area contributed by atoms with Crippen molar-refractivity contribution in [3.8, 4) is 11.5 Å².